The Morgan fingerprint density at radius 3 is 2.79 bits per heavy atom. The van der Waals surface area contributed by atoms with E-state index in [9.17, 15) is 4.79 Å². The highest BCUT2D eigenvalue weighted by molar-refractivity contribution is 9.10. The van der Waals surface area contributed by atoms with Crippen LogP contribution in [0.2, 0.25) is 5.02 Å². The van der Waals surface area contributed by atoms with E-state index in [0.717, 1.165) is 17.3 Å². The van der Waals surface area contributed by atoms with Gasteiger partial charge in [0.2, 0.25) is 0 Å². The van der Waals surface area contributed by atoms with E-state index in [1.54, 1.807) is 18.2 Å². The van der Waals surface area contributed by atoms with Crippen LogP contribution in [0.5, 0.6) is 0 Å². The fourth-order valence-corrected chi connectivity index (χ4v) is 2.21. The van der Waals surface area contributed by atoms with E-state index < -0.39 is 0 Å². The number of rotatable bonds is 6. The van der Waals surface area contributed by atoms with Crippen LogP contribution in [-0.2, 0) is 0 Å². The molecule has 0 aromatic heterocycles. The van der Waals surface area contributed by atoms with Gasteiger partial charge in [-0.1, -0.05) is 25.4 Å². The zero-order valence-electron chi connectivity index (χ0n) is 11.2. The van der Waals surface area contributed by atoms with E-state index in [0.29, 0.717) is 17.1 Å². The molecule has 1 rings (SSSR count). The standard InChI is InChI=1S/C14H19BrClNO2/c1-14(2,9-18)6-3-7-17-13(19)11-8-10(16)4-5-12(11)15/h4-5,8,18H,3,6-7,9H2,1-2H3,(H,17,19). The number of aliphatic hydroxyl groups is 1. The van der Waals surface area contributed by atoms with Gasteiger partial charge in [-0.05, 0) is 52.4 Å². The van der Waals surface area contributed by atoms with E-state index in [1.807, 2.05) is 13.8 Å². The van der Waals surface area contributed by atoms with Crippen molar-refractivity contribution in [1.29, 1.82) is 0 Å². The third kappa shape index (κ3) is 5.51. The molecule has 106 valence electrons. The van der Waals surface area contributed by atoms with Gasteiger partial charge in [-0.25, -0.2) is 0 Å². The lowest BCUT2D eigenvalue weighted by atomic mass is 9.89. The third-order valence-corrected chi connectivity index (χ3v) is 3.84. The summed E-state index contributed by atoms with van der Waals surface area (Å²) < 4.78 is 0.727. The summed E-state index contributed by atoms with van der Waals surface area (Å²) in [6, 6.07) is 5.12. The van der Waals surface area contributed by atoms with Crippen LogP contribution in [0.1, 0.15) is 37.0 Å². The molecule has 0 aliphatic rings. The maximum absolute atomic E-state index is 12.0. The molecule has 5 heteroatoms. The van der Waals surface area contributed by atoms with Gasteiger partial charge in [-0.15, -0.1) is 0 Å². The molecule has 1 aromatic rings. The Balaban J connectivity index is 2.46. The minimum absolute atomic E-state index is 0.0959. The molecular formula is C14H19BrClNO2. The van der Waals surface area contributed by atoms with Gasteiger partial charge in [-0.2, -0.15) is 0 Å². The number of nitrogens with one attached hydrogen (secondary N) is 1. The smallest absolute Gasteiger partial charge is 0.252 e. The van der Waals surface area contributed by atoms with Crippen LogP contribution in [-0.4, -0.2) is 24.2 Å². The Labute approximate surface area is 127 Å². The Hall–Kier alpha value is -0.580. The summed E-state index contributed by atoms with van der Waals surface area (Å²) in [5.41, 5.74) is 0.440. The first-order valence-electron chi connectivity index (χ1n) is 6.20. The summed E-state index contributed by atoms with van der Waals surface area (Å²) in [5.74, 6) is -0.142. The quantitative estimate of drug-likeness (QED) is 0.771. The van der Waals surface area contributed by atoms with Crippen LogP contribution >= 0.6 is 27.5 Å². The summed E-state index contributed by atoms with van der Waals surface area (Å²) in [6.45, 7) is 4.74. The van der Waals surface area contributed by atoms with Crippen LogP contribution in [0.3, 0.4) is 0 Å². The number of aliphatic hydroxyl groups excluding tert-OH is 1. The van der Waals surface area contributed by atoms with Crippen molar-refractivity contribution in [2.75, 3.05) is 13.2 Å². The van der Waals surface area contributed by atoms with Crippen LogP contribution in [0.4, 0.5) is 0 Å². The fourth-order valence-electron chi connectivity index (χ4n) is 1.61. The molecule has 0 radical (unpaired) electrons. The zero-order valence-corrected chi connectivity index (χ0v) is 13.5. The number of carbonyl (C=O) groups excluding carboxylic acids is 1. The first-order valence-corrected chi connectivity index (χ1v) is 7.37. The van der Waals surface area contributed by atoms with Gasteiger partial charge in [-0.3, -0.25) is 4.79 Å². The van der Waals surface area contributed by atoms with E-state index in [1.165, 1.54) is 0 Å². The predicted molar refractivity (Wildman–Crippen MR) is 81.6 cm³/mol. The maximum Gasteiger partial charge on any atom is 0.252 e. The summed E-state index contributed by atoms with van der Waals surface area (Å²) in [4.78, 5) is 12.0. The minimum atomic E-state index is -0.142. The maximum atomic E-state index is 12.0. The molecule has 0 unspecified atom stereocenters. The Bertz CT molecular complexity index is 449. The lowest BCUT2D eigenvalue weighted by Gasteiger charge is -2.21. The van der Waals surface area contributed by atoms with Crippen LogP contribution in [0.15, 0.2) is 22.7 Å². The van der Waals surface area contributed by atoms with Gasteiger partial charge in [0.25, 0.3) is 5.91 Å². The average Bonchev–Trinajstić information content (AvgIpc) is 2.37. The molecule has 0 aliphatic heterocycles. The highest BCUT2D eigenvalue weighted by atomic mass is 79.9. The molecule has 0 bridgehead atoms. The predicted octanol–water partition coefficient (Wildman–Crippen LogP) is 3.63. The molecule has 3 nitrogen and oxygen atoms in total. The molecule has 0 aliphatic carbocycles. The lowest BCUT2D eigenvalue weighted by Crippen LogP contribution is -2.26. The Kier molecular flexibility index (Phi) is 6.30. The second-order valence-corrected chi connectivity index (χ2v) is 6.60. The van der Waals surface area contributed by atoms with Gasteiger partial charge < -0.3 is 10.4 Å². The van der Waals surface area contributed by atoms with Crippen molar-refractivity contribution in [3.05, 3.63) is 33.3 Å². The molecule has 0 atom stereocenters. The van der Waals surface area contributed by atoms with Crippen molar-refractivity contribution in [2.24, 2.45) is 5.41 Å². The number of hydrogen-bond acceptors (Lipinski definition) is 2. The SMILES string of the molecule is CC(C)(CO)CCCNC(=O)c1cc(Cl)ccc1Br. The average molecular weight is 349 g/mol. The van der Waals surface area contributed by atoms with E-state index in [4.69, 9.17) is 16.7 Å². The normalized spacial score (nSPS) is 11.4. The first kappa shape index (κ1) is 16.5. The molecule has 1 amide bonds. The van der Waals surface area contributed by atoms with Crippen molar-refractivity contribution in [2.45, 2.75) is 26.7 Å². The number of carbonyl (C=O) groups is 1. The van der Waals surface area contributed by atoms with Gasteiger partial charge in [0, 0.05) is 22.6 Å². The molecule has 19 heavy (non-hydrogen) atoms. The summed E-state index contributed by atoms with van der Waals surface area (Å²) in [6.07, 6.45) is 1.69. The monoisotopic (exact) mass is 347 g/mol. The molecule has 0 heterocycles. The van der Waals surface area contributed by atoms with Crippen molar-refractivity contribution >= 4 is 33.4 Å². The molecule has 2 N–H and O–H groups in total. The minimum Gasteiger partial charge on any atom is -0.396 e. The Morgan fingerprint density at radius 1 is 1.47 bits per heavy atom. The van der Waals surface area contributed by atoms with E-state index >= 15 is 0 Å². The summed E-state index contributed by atoms with van der Waals surface area (Å²) in [5, 5.41) is 12.5. The van der Waals surface area contributed by atoms with Crippen LogP contribution in [0.25, 0.3) is 0 Å². The molecule has 0 fully saturated rings. The van der Waals surface area contributed by atoms with Crippen LogP contribution < -0.4 is 5.32 Å². The third-order valence-electron chi connectivity index (χ3n) is 2.92. The second kappa shape index (κ2) is 7.27. The first-order chi connectivity index (χ1) is 8.85. The number of benzene rings is 1. The van der Waals surface area contributed by atoms with Crippen molar-refractivity contribution in [1.82, 2.24) is 5.32 Å². The van der Waals surface area contributed by atoms with Gasteiger partial charge in [0.1, 0.15) is 0 Å². The van der Waals surface area contributed by atoms with Crippen molar-refractivity contribution in [3.8, 4) is 0 Å². The van der Waals surface area contributed by atoms with Crippen molar-refractivity contribution < 1.29 is 9.90 Å². The molecule has 0 saturated heterocycles. The topological polar surface area (TPSA) is 49.3 Å². The highest BCUT2D eigenvalue weighted by Crippen LogP contribution is 2.22. The van der Waals surface area contributed by atoms with Gasteiger partial charge >= 0.3 is 0 Å². The Morgan fingerprint density at radius 2 is 2.16 bits per heavy atom. The lowest BCUT2D eigenvalue weighted by molar-refractivity contribution is 0.0948. The number of amides is 1. The number of hydrogen-bond donors (Lipinski definition) is 2. The number of halogens is 2. The van der Waals surface area contributed by atoms with Crippen LogP contribution in [0, 0.1) is 5.41 Å². The molecule has 0 spiro atoms. The molecule has 0 saturated carbocycles. The fraction of sp³-hybridized carbons (Fsp3) is 0.500. The van der Waals surface area contributed by atoms with Gasteiger partial charge in [0.15, 0.2) is 0 Å². The summed E-state index contributed by atoms with van der Waals surface area (Å²) >= 11 is 9.20. The zero-order chi connectivity index (χ0) is 14.5. The highest BCUT2D eigenvalue weighted by Gasteiger charge is 2.16. The van der Waals surface area contributed by atoms with Crippen molar-refractivity contribution in [3.63, 3.8) is 0 Å². The van der Waals surface area contributed by atoms with Gasteiger partial charge in [0.05, 0.1) is 5.56 Å². The van der Waals surface area contributed by atoms with E-state index in [-0.39, 0.29) is 17.9 Å². The second-order valence-electron chi connectivity index (χ2n) is 5.31. The largest absolute Gasteiger partial charge is 0.396 e. The van der Waals surface area contributed by atoms with E-state index in [2.05, 4.69) is 21.2 Å². The molecular weight excluding hydrogens is 330 g/mol. The summed E-state index contributed by atoms with van der Waals surface area (Å²) in [7, 11) is 0. The molecule has 1 aromatic carbocycles.